The van der Waals surface area contributed by atoms with Gasteiger partial charge in [0.05, 0.1) is 10.8 Å². The van der Waals surface area contributed by atoms with Gasteiger partial charge in [0.15, 0.2) is 0 Å². The van der Waals surface area contributed by atoms with E-state index in [0.29, 0.717) is 12.8 Å². The van der Waals surface area contributed by atoms with Crippen LogP contribution in [0.1, 0.15) is 24.0 Å². The van der Waals surface area contributed by atoms with Gasteiger partial charge in [-0.3, -0.25) is 9.59 Å². The molecule has 0 amide bonds. The van der Waals surface area contributed by atoms with Crippen LogP contribution < -0.4 is 0 Å². The number of rotatable bonds is 6. The van der Waals surface area contributed by atoms with Gasteiger partial charge >= 0.3 is 11.9 Å². The molecule has 140 valence electrons. The van der Waals surface area contributed by atoms with Crippen LogP contribution >= 0.6 is 0 Å². The molecule has 5 nitrogen and oxygen atoms in total. The van der Waals surface area contributed by atoms with E-state index in [1.165, 1.54) is 0 Å². The lowest BCUT2D eigenvalue weighted by molar-refractivity contribution is -0.164. The Labute approximate surface area is 157 Å². The number of aliphatic hydroxyl groups excluding tert-OH is 2. The molecular formula is C22H22O5. The third kappa shape index (κ3) is 2.69. The van der Waals surface area contributed by atoms with Crippen molar-refractivity contribution in [1.29, 1.82) is 0 Å². The Bertz CT molecular complexity index is 778. The van der Waals surface area contributed by atoms with Crippen LogP contribution in [0.5, 0.6) is 0 Å². The van der Waals surface area contributed by atoms with Gasteiger partial charge in [0, 0.05) is 25.0 Å². The Morgan fingerprint density at radius 1 is 0.778 bits per heavy atom. The maximum Gasteiger partial charge on any atom is 0.324 e. The summed E-state index contributed by atoms with van der Waals surface area (Å²) in [5.74, 6) is -1.73. The van der Waals surface area contributed by atoms with Crippen molar-refractivity contribution < 1.29 is 24.5 Å². The van der Waals surface area contributed by atoms with E-state index < -0.39 is 22.8 Å². The van der Waals surface area contributed by atoms with E-state index in [9.17, 15) is 19.8 Å². The van der Waals surface area contributed by atoms with Gasteiger partial charge in [0.2, 0.25) is 0 Å². The first-order valence-corrected chi connectivity index (χ1v) is 9.19. The number of aliphatic hydroxyl groups is 2. The number of ether oxygens (including phenoxy) is 1. The van der Waals surface area contributed by atoms with Gasteiger partial charge in [0.1, 0.15) is 0 Å². The van der Waals surface area contributed by atoms with E-state index in [4.69, 9.17) is 4.74 Å². The molecule has 2 aliphatic rings. The molecule has 0 spiro atoms. The first kappa shape index (κ1) is 17.9. The van der Waals surface area contributed by atoms with Gasteiger partial charge in [-0.1, -0.05) is 60.7 Å². The zero-order chi connectivity index (χ0) is 19.1. The minimum Gasteiger partial charge on any atom is -0.396 e. The highest BCUT2D eigenvalue weighted by molar-refractivity contribution is 6.00. The van der Waals surface area contributed by atoms with Crippen molar-refractivity contribution in [3.63, 3.8) is 0 Å². The van der Waals surface area contributed by atoms with Crippen molar-refractivity contribution in [1.82, 2.24) is 0 Å². The zero-order valence-electron chi connectivity index (χ0n) is 14.9. The van der Waals surface area contributed by atoms with Crippen LogP contribution in [0.2, 0.25) is 0 Å². The molecule has 4 atom stereocenters. The van der Waals surface area contributed by atoms with Crippen LogP contribution in [0, 0.1) is 11.8 Å². The van der Waals surface area contributed by atoms with Crippen molar-refractivity contribution in [3.05, 3.63) is 71.8 Å². The summed E-state index contributed by atoms with van der Waals surface area (Å²) in [4.78, 5) is 26.0. The lowest BCUT2D eigenvalue weighted by Crippen LogP contribution is -2.34. The molecule has 2 aromatic carbocycles. The molecule has 2 fully saturated rings. The molecule has 0 heterocycles. The Kier molecular flexibility index (Phi) is 4.36. The van der Waals surface area contributed by atoms with Crippen molar-refractivity contribution >= 4 is 11.9 Å². The normalized spacial score (nSPS) is 31.2. The van der Waals surface area contributed by atoms with Crippen LogP contribution in [0.25, 0.3) is 0 Å². The Hall–Kier alpha value is -2.50. The Balaban J connectivity index is 1.60. The molecule has 0 aromatic heterocycles. The second-order valence-electron chi connectivity index (χ2n) is 7.52. The van der Waals surface area contributed by atoms with Crippen molar-refractivity contribution in [3.8, 4) is 0 Å². The highest BCUT2D eigenvalue weighted by Crippen LogP contribution is 2.57. The fourth-order valence-corrected chi connectivity index (χ4v) is 4.28. The van der Waals surface area contributed by atoms with Crippen LogP contribution in [-0.4, -0.2) is 35.4 Å². The number of carbonyl (C=O) groups excluding carboxylic acids is 2. The largest absolute Gasteiger partial charge is 0.396 e. The number of esters is 2. The fraction of sp³-hybridized carbons (Fsp3) is 0.364. The van der Waals surface area contributed by atoms with Crippen LogP contribution in [0.4, 0.5) is 0 Å². The van der Waals surface area contributed by atoms with E-state index in [1.807, 2.05) is 60.7 Å². The summed E-state index contributed by atoms with van der Waals surface area (Å²) < 4.78 is 5.38. The number of benzene rings is 2. The minimum atomic E-state index is -0.965. The highest BCUT2D eigenvalue weighted by Gasteiger charge is 2.66. The average Bonchev–Trinajstić information content (AvgIpc) is 3.62. The smallest absolute Gasteiger partial charge is 0.324 e. The molecule has 0 radical (unpaired) electrons. The van der Waals surface area contributed by atoms with Crippen LogP contribution in [0.3, 0.4) is 0 Å². The standard InChI is InChI=1S/C22H22O5/c23-13-17-11-21(17,15-7-3-1-4-8-15)19(25)27-20(26)22(12-18(22)14-24)16-9-5-2-6-10-16/h1-10,17-18,23-24H,11-14H2/t17-,18-,21+,22+/m1/s1. The Morgan fingerprint density at radius 3 is 1.44 bits per heavy atom. The summed E-state index contributed by atoms with van der Waals surface area (Å²) in [6.07, 6.45) is 0.919. The summed E-state index contributed by atoms with van der Waals surface area (Å²) in [6, 6.07) is 18.3. The van der Waals surface area contributed by atoms with Crippen molar-refractivity contribution in [2.45, 2.75) is 23.7 Å². The van der Waals surface area contributed by atoms with E-state index in [-0.39, 0.29) is 25.0 Å². The number of carbonyl (C=O) groups is 2. The first-order valence-electron chi connectivity index (χ1n) is 9.19. The minimum absolute atomic E-state index is 0.138. The summed E-state index contributed by atoms with van der Waals surface area (Å²) in [7, 11) is 0. The SMILES string of the molecule is O=C(OC(=O)[C@]1(c2ccccc2)C[C@@H]1CO)[C@]1(c2ccccc2)C[C@@H]1CO. The predicted molar refractivity (Wildman–Crippen MR) is 97.7 cm³/mol. The molecule has 0 aliphatic heterocycles. The van der Waals surface area contributed by atoms with E-state index in [0.717, 1.165) is 11.1 Å². The average molecular weight is 366 g/mol. The van der Waals surface area contributed by atoms with Crippen LogP contribution in [-0.2, 0) is 25.2 Å². The first-order chi connectivity index (χ1) is 13.1. The molecule has 27 heavy (non-hydrogen) atoms. The van der Waals surface area contributed by atoms with Gasteiger partial charge in [0.25, 0.3) is 0 Å². The van der Waals surface area contributed by atoms with Gasteiger partial charge in [-0.05, 0) is 24.0 Å². The lowest BCUT2D eigenvalue weighted by atomic mass is 9.92. The van der Waals surface area contributed by atoms with Crippen molar-refractivity contribution in [2.24, 2.45) is 11.8 Å². The van der Waals surface area contributed by atoms with E-state index in [2.05, 4.69) is 0 Å². The van der Waals surface area contributed by atoms with Gasteiger partial charge < -0.3 is 14.9 Å². The molecule has 2 aliphatic carbocycles. The number of hydrogen-bond donors (Lipinski definition) is 2. The van der Waals surface area contributed by atoms with Crippen molar-refractivity contribution in [2.75, 3.05) is 13.2 Å². The summed E-state index contributed by atoms with van der Waals surface area (Å²) >= 11 is 0. The predicted octanol–water partition coefficient (Wildman–Crippen LogP) is 1.96. The molecule has 0 saturated heterocycles. The maximum absolute atomic E-state index is 13.0. The maximum atomic E-state index is 13.0. The second-order valence-corrected chi connectivity index (χ2v) is 7.52. The second kappa shape index (κ2) is 6.59. The molecule has 4 rings (SSSR count). The fourth-order valence-electron chi connectivity index (χ4n) is 4.28. The summed E-state index contributed by atoms with van der Waals surface area (Å²) in [5.41, 5.74) is -0.421. The monoisotopic (exact) mass is 366 g/mol. The third-order valence-corrected chi connectivity index (χ3v) is 6.14. The molecule has 0 bridgehead atoms. The summed E-state index contributed by atoms with van der Waals surface area (Å²) in [6.45, 7) is -0.275. The molecular weight excluding hydrogens is 344 g/mol. The molecule has 2 N–H and O–H groups in total. The van der Waals surface area contributed by atoms with Gasteiger partial charge in [-0.15, -0.1) is 0 Å². The Morgan fingerprint density at radius 2 is 1.15 bits per heavy atom. The van der Waals surface area contributed by atoms with Crippen LogP contribution in [0.15, 0.2) is 60.7 Å². The molecule has 2 saturated carbocycles. The third-order valence-electron chi connectivity index (χ3n) is 6.14. The van der Waals surface area contributed by atoms with E-state index in [1.54, 1.807) is 0 Å². The zero-order valence-corrected chi connectivity index (χ0v) is 14.9. The highest BCUT2D eigenvalue weighted by atomic mass is 16.6. The topological polar surface area (TPSA) is 83.8 Å². The molecule has 2 aromatic rings. The van der Waals surface area contributed by atoms with Gasteiger partial charge in [-0.25, -0.2) is 0 Å². The number of hydrogen-bond acceptors (Lipinski definition) is 5. The van der Waals surface area contributed by atoms with Gasteiger partial charge in [-0.2, -0.15) is 0 Å². The molecule has 0 unspecified atom stereocenters. The van der Waals surface area contributed by atoms with E-state index >= 15 is 0 Å². The summed E-state index contributed by atoms with van der Waals surface area (Å²) in [5, 5.41) is 19.2. The lowest BCUT2D eigenvalue weighted by Gasteiger charge is -2.20. The molecule has 5 heteroatoms. The quantitative estimate of drug-likeness (QED) is 0.603.